The maximum Gasteiger partial charge on any atom is 0.122 e. The summed E-state index contributed by atoms with van der Waals surface area (Å²) < 4.78 is 9.03. The predicted molar refractivity (Wildman–Crippen MR) is 319 cm³/mol. The van der Waals surface area contributed by atoms with Crippen molar-refractivity contribution in [3.05, 3.63) is 78.1 Å². The molecule has 0 bridgehead atoms. The second-order valence-electron chi connectivity index (χ2n) is 27.6. The molecule has 400 valence electrons. The van der Waals surface area contributed by atoms with Crippen LogP contribution in [0.1, 0.15) is 247 Å². The van der Waals surface area contributed by atoms with Gasteiger partial charge in [-0.25, -0.2) is 8.75 Å². The number of unbranched alkanes of at least 4 members (excludes halogenated alkanes) is 2. The Morgan fingerprint density at radius 1 is 0.521 bits per heavy atom. The van der Waals surface area contributed by atoms with Crippen LogP contribution in [0.3, 0.4) is 0 Å². The second kappa shape index (κ2) is 25.9. The van der Waals surface area contributed by atoms with Gasteiger partial charge in [0.05, 0.1) is 11.7 Å². The van der Waals surface area contributed by atoms with Gasteiger partial charge in [-0.3, -0.25) is 4.99 Å². The molecule has 0 spiro atoms. The maximum atomic E-state index is 4.61. The van der Waals surface area contributed by atoms with E-state index < -0.39 is 8.07 Å². The molecule has 73 heavy (non-hydrogen) atoms. The van der Waals surface area contributed by atoms with Crippen LogP contribution < -0.4 is 21.1 Å². The smallest absolute Gasteiger partial charge is 0.122 e. The van der Waals surface area contributed by atoms with E-state index in [0.29, 0.717) is 6.67 Å². The maximum absolute atomic E-state index is 4.61. The molecule has 10 heteroatoms. The fourth-order valence-corrected chi connectivity index (χ4v) is 22.3. The van der Waals surface area contributed by atoms with Crippen LogP contribution in [-0.4, -0.2) is 23.5 Å². The summed E-state index contributed by atoms with van der Waals surface area (Å²) in [7, 11) is -1.84. The Bertz CT molecular complexity index is 2660. The topological polar surface area (TPSA) is 50.5 Å². The van der Waals surface area contributed by atoms with Crippen molar-refractivity contribution < 1.29 is 65.4 Å². The molecule has 2 radical (unpaired) electrons. The summed E-state index contributed by atoms with van der Waals surface area (Å²) >= 11 is 5.60. The van der Waals surface area contributed by atoms with E-state index in [1.165, 1.54) is 109 Å². The van der Waals surface area contributed by atoms with E-state index in [4.69, 9.17) is 0 Å². The monoisotopic (exact) mass is 1210 g/mol. The quantitative estimate of drug-likeness (QED) is 0.0923. The van der Waals surface area contributed by atoms with Gasteiger partial charge in [-0.05, 0) is 89.8 Å². The first-order chi connectivity index (χ1) is 32.6. The van der Waals surface area contributed by atoms with Gasteiger partial charge in [0.2, 0.25) is 0 Å². The first kappa shape index (κ1) is 67.0. The van der Waals surface area contributed by atoms with E-state index >= 15 is 0 Å². The van der Waals surface area contributed by atoms with E-state index in [9.17, 15) is 0 Å². The van der Waals surface area contributed by atoms with Gasteiger partial charge in [-0.15, -0.1) is 44.9 Å². The molecule has 5 heterocycles. The first-order valence-electron chi connectivity index (χ1n) is 27.6. The minimum Gasteiger partial charge on any atom is -0.325 e. The Morgan fingerprint density at radius 2 is 0.918 bits per heavy atom. The van der Waals surface area contributed by atoms with Crippen LogP contribution in [0.5, 0.6) is 0 Å². The number of aryl methyl sites for hydroxylation is 2. The summed E-state index contributed by atoms with van der Waals surface area (Å²) in [5.41, 5.74) is 10.2. The molecule has 5 aromatic rings. The van der Waals surface area contributed by atoms with Gasteiger partial charge in [0, 0.05) is 84.9 Å². The van der Waals surface area contributed by atoms with Gasteiger partial charge in [-0.1, -0.05) is 228 Å². The molecule has 2 atom stereocenters. The molecule has 0 saturated heterocycles. The Morgan fingerprint density at radius 3 is 1.30 bits per heavy atom. The fourth-order valence-electron chi connectivity index (χ4n) is 11.2. The van der Waals surface area contributed by atoms with E-state index in [2.05, 4.69) is 232 Å². The van der Waals surface area contributed by atoms with Gasteiger partial charge in [0.1, 0.15) is 14.7 Å². The molecule has 2 aliphatic heterocycles. The minimum atomic E-state index is -1.84. The van der Waals surface area contributed by atoms with Gasteiger partial charge in [-0.2, -0.15) is 23.3 Å². The molecule has 2 aromatic carbocycles. The van der Waals surface area contributed by atoms with Crippen molar-refractivity contribution in [2.24, 2.45) is 21.8 Å². The molecule has 2 unspecified atom stereocenters. The van der Waals surface area contributed by atoms with E-state index in [1.54, 1.807) is 19.5 Å². The number of nitrogens with zero attached hydrogens (tertiary/aromatic N) is 4. The number of hydrogen-bond donors (Lipinski definition) is 0. The number of aromatic nitrogens is 2. The molecule has 7 rings (SSSR count). The van der Waals surface area contributed by atoms with E-state index in [1.807, 2.05) is 10.4 Å². The standard InChI is InChI=1S/C32H54S2Si.C16H23N2.C15H21N2S.2Y/c1-11-15-17-23(13-3)21-35(22-24(14-4)18-16-12-2)25-19-27(31(5,6)7)33-29(25)30-26(35)20-28(34-30)32(8,9)10;1-10-8-11(15(2,3)4)13-14(18-9-17-13)12(10)16(5,6)7;1-9-8-10(14(2,3)4)12-13(17-18-16-12)11(9)15(5,6)7;;/h19-20,23-24H,11-18,21-22H2,1-10H3;9H2,1-7H3;1-7H3;;/q;2*-1;;. The SMILES string of the molecule is CCCCC(CC)C[Si]1(CC(CC)CCCC)c2cc(C(C)(C)C)sc2-c2sc(C(C)(C)C)cc21.Cc1[c-]c(C(C)(C)C)c2c(c1C(C)(C)C)=NCN=2.Cc1[c-]c(C(C)(C)C)c2nsnc2c1C(C)(C)C.[Y].[Y]. The van der Waals surface area contributed by atoms with Crippen molar-refractivity contribution in [3.8, 4) is 9.75 Å². The van der Waals surface area contributed by atoms with Crippen LogP contribution in [0, 0.1) is 37.8 Å². The van der Waals surface area contributed by atoms with E-state index in [-0.39, 0.29) is 97.9 Å². The average Bonchev–Trinajstić information content (AvgIpc) is 4.08. The summed E-state index contributed by atoms with van der Waals surface area (Å²) in [5.74, 6) is 1.75. The summed E-state index contributed by atoms with van der Waals surface area (Å²) in [4.78, 5) is 15.8. The number of rotatable bonds is 12. The Kier molecular flexibility index (Phi) is 23.7. The third-order valence-corrected chi connectivity index (χ3v) is 24.6. The summed E-state index contributed by atoms with van der Waals surface area (Å²) in [5, 5.41) is 5.86. The zero-order valence-corrected chi connectivity index (χ0v) is 59.9. The molecule has 0 amide bonds. The van der Waals surface area contributed by atoms with Crippen LogP contribution in [0.4, 0.5) is 0 Å². The van der Waals surface area contributed by atoms with Crippen molar-refractivity contribution in [2.45, 2.75) is 262 Å². The van der Waals surface area contributed by atoms with Crippen molar-refractivity contribution in [1.82, 2.24) is 8.75 Å². The van der Waals surface area contributed by atoms with Gasteiger partial charge >= 0.3 is 0 Å². The molecular formula is C63H98N4S3SiY2-2. The van der Waals surface area contributed by atoms with Gasteiger partial charge in [0.15, 0.2) is 0 Å². The van der Waals surface area contributed by atoms with Crippen molar-refractivity contribution >= 4 is 63.9 Å². The summed E-state index contributed by atoms with van der Waals surface area (Å²) in [6.07, 6.45) is 11.0. The number of fused-ring (bicyclic) bond motifs is 5. The van der Waals surface area contributed by atoms with Crippen molar-refractivity contribution in [3.63, 3.8) is 0 Å². The Labute approximate surface area is 511 Å². The molecule has 0 fully saturated rings. The number of hydrogen-bond acceptors (Lipinski definition) is 7. The summed E-state index contributed by atoms with van der Waals surface area (Å²) in [6.45, 7) is 55.6. The molecule has 0 saturated carbocycles. The Balaban J connectivity index is 0.000000312. The Hall–Kier alpha value is -0.315. The molecule has 0 N–H and O–H groups in total. The van der Waals surface area contributed by atoms with Gasteiger partial charge in [0.25, 0.3) is 0 Å². The number of thiophene rings is 2. The average molecular weight is 1210 g/mol. The van der Waals surface area contributed by atoms with Crippen molar-refractivity contribution in [1.29, 1.82) is 0 Å². The molecule has 2 aliphatic rings. The van der Waals surface area contributed by atoms with Crippen LogP contribution >= 0.6 is 34.4 Å². The third kappa shape index (κ3) is 15.5. The van der Waals surface area contributed by atoms with Crippen LogP contribution in [-0.2, 0) is 97.9 Å². The normalized spacial score (nSPS) is 15.1. The van der Waals surface area contributed by atoms with Gasteiger partial charge < -0.3 is 4.99 Å². The molecule has 4 nitrogen and oxygen atoms in total. The molecule has 0 aliphatic carbocycles. The predicted octanol–water partition coefficient (Wildman–Crippen LogP) is 17.4. The largest absolute Gasteiger partial charge is 0.325 e. The number of benzene rings is 2. The van der Waals surface area contributed by atoms with Crippen LogP contribution in [0.25, 0.3) is 20.8 Å². The second-order valence-corrected chi connectivity index (χ2v) is 34.3. The van der Waals surface area contributed by atoms with Crippen molar-refractivity contribution in [2.75, 3.05) is 6.67 Å². The third-order valence-electron chi connectivity index (χ3n) is 15.0. The fraction of sp³-hybridized carbons (Fsp3) is 0.683. The zero-order valence-electron chi connectivity index (χ0n) is 50.8. The summed E-state index contributed by atoms with van der Waals surface area (Å²) in [6, 6.07) is 15.5. The molecule has 3 aromatic heterocycles. The first-order valence-corrected chi connectivity index (χ1v) is 32.4. The van der Waals surface area contributed by atoms with Crippen LogP contribution in [0.15, 0.2) is 22.1 Å². The van der Waals surface area contributed by atoms with Crippen LogP contribution in [0.2, 0.25) is 12.1 Å². The zero-order chi connectivity index (χ0) is 53.4. The van der Waals surface area contributed by atoms with E-state index in [0.717, 1.165) is 33.6 Å². The minimum absolute atomic E-state index is 0. The molecular weight excluding hydrogens is 1110 g/mol.